The van der Waals surface area contributed by atoms with Gasteiger partial charge in [-0.25, -0.2) is 0 Å². The van der Waals surface area contributed by atoms with Crippen LogP contribution in [-0.2, 0) is 4.79 Å². The van der Waals surface area contributed by atoms with E-state index in [0.717, 1.165) is 31.9 Å². The Kier molecular flexibility index (Phi) is 10.7. The van der Waals surface area contributed by atoms with Crippen LogP contribution in [-0.4, -0.2) is 44.6 Å². The van der Waals surface area contributed by atoms with Gasteiger partial charge < -0.3 is 20.9 Å². The van der Waals surface area contributed by atoms with E-state index in [1.54, 1.807) is 7.05 Å². The molecule has 0 radical (unpaired) electrons. The molecule has 1 heterocycles. The molecule has 30 heavy (non-hydrogen) atoms. The standard InChI is InChI=1S/C23H37N5O.HI/c1-18(19-9-8-12-21(17-19)28-15-6-7-16-28)26-23(24-2)25-14-13-22(29)27-20-10-4-3-5-11-20;/h8-9,12,17-18,20H,3-7,10-11,13-16H2,1-2H3,(H,27,29)(H2,24,25,26);1H. The smallest absolute Gasteiger partial charge is 0.221 e. The number of nitrogens with zero attached hydrogens (tertiary/aromatic N) is 2. The number of guanidine groups is 1. The minimum absolute atomic E-state index is 0. The van der Waals surface area contributed by atoms with E-state index in [1.165, 1.54) is 43.4 Å². The SMILES string of the molecule is CN=C(NCCC(=O)NC1CCCCC1)NC(C)c1cccc(N2CCCC2)c1.I. The lowest BCUT2D eigenvalue weighted by Gasteiger charge is -2.23. The number of carbonyl (C=O) groups is 1. The largest absolute Gasteiger partial charge is 0.372 e. The summed E-state index contributed by atoms with van der Waals surface area (Å²) in [5.41, 5.74) is 2.54. The Bertz CT molecular complexity index is 684. The fourth-order valence-electron chi connectivity index (χ4n) is 4.29. The van der Waals surface area contributed by atoms with E-state index >= 15 is 0 Å². The van der Waals surface area contributed by atoms with E-state index in [2.05, 4.69) is 57.0 Å². The molecule has 0 spiro atoms. The van der Waals surface area contributed by atoms with Crippen molar-refractivity contribution >= 4 is 41.5 Å². The number of amides is 1. The predicted molar refractivity (Wildman–Crippen MR) is 136 cm³/mol. The Hall–Kier alpha value is -1.51. The molecule has 2 fully saturated rings. The zero-order chi connectivity index (χ0) is 20.5. The quantitative estimate of drug-likeness (QED) is 0.285. The van der Waals surface area contributed by atoms with Crippen molar-refractivity contribution in [2.24, 2.45) is 4.99 Å². The Balaban J connectivity index is 0.00000320. The van der Waals surface area contributed by atoms with E-state index in [4.69, 9.17) is 0 Å². The molecular weight excluding hydrogens is 489 g/mol. The maximum absolute atomic E-state index is 12.2. The van der Waals surface area contributed by atoms with Crippen LogP contribution in [0.2, 0.25) is 0 Å². The highest BCUT2D eigenvalue weighted by molar-refractivity contribution is 14.0. The van der Waals surface area contributed by atoms with Crippen molar-refractivity contribution in [2.45, 2.75) is 70.4 Å². The lowest BCUT2D eigenvalue weighted by atomic mass is 9.95. The van der Waals surface area contributed by atoms with Crippen molar-refractivity contribution in [3.63, 3.8) is 0 Å². The van der Waals surface area contributed by atoms with Crippen LogP contribution < -0.4 is 20.9 Å². The van der Waals surface area contributed by atoms with Crippen molar-refractivity contribution in [1.29, 1.82) is 0 Å². The average molecular weight is 527 g/mol. The van der Waals surface area contributed by atoms with Crippen LogP contribution in [0.4, 0.5) is 5.69 Å². The van der Waals surface area contributed by atoms with Crippen LogP contribution in [0.1, 0.15) is 69.9 Å². The number of benzene rings is 1. The highest BCUT2D eigenvalue weighted by Gasteiger charge is 2.16. The number of anilines is 1. The van der Waals surface area contributed by atoms with E-state index in [0.29, 0.717) is 19.0 Å². The molecule has 1 aromatic carbocycles. The van der Waals surface area contributed by atoms with Gasteiger partial charge in [-0.15, -0.1) is 24.0 Å². The summed E-state index contributed by atoms with van der Waals surface area (Å²) in [5.74, 6) is 0.862. The van der Waals surface area contributed by atoms with Gasteiger partial charge in [0.25, 0.3) is 0 Å². The first-order valence-electron chi connectivity index (χ1n) is 11.3. The summed E-state index contributed by atoms with van der Waals surface area (Å²) in [7, 11) is 1.77. The van der Waals surface area contributed by atoms with Gasteiger partial charge in [0.05, 0.1) is 6.04 Å². The summed E-state index contributed by atoms with van der Waals surface area (Å²) in [4.78, 5) is 18.9. The fraction of sp³-hybridized carbons (Fsp3) is 0.652. The van der Waals surface area contributed by atoms with Crippen molar-refractivity contribution in [3.05, 3.63) is 29.8 Å². The van der Waals surface area contributed by atoms with Gasteiger partial charge in [0, 0.05) is 44.8 Å². The van der Waals surface area contributed by atoms with Crippen LogP contribution in [0.5, 0.6) is 0 Å². The number of hydrogen-bond acceptors (Lipinski definition) is 3. The van der Waals surface area contributed by atoms with E-state index < -0.39 is 0 Å². The second-order valence-corrected chi connectivity index (χ2v) is 8.31. The van der Waals surface area contributed by atoms with Crippen LogP contribution in [0.3, 0.4) is 0 Å². The van der Waals surface area contributed by atoms with E-state index in [1.807, 2.05) is 0 Å². The first-order valence-corrected chi connectivity index (χ1v) is 11.3. The molecule has 1 amide bonds. The van der Waals surface area contributed by atoms with Crippen LogP contribution >= 0.6 is 24.0 Å². The highest BCUT2D eigenvalue weighted by Crippen LogP contribution is 2.24. The molecule has 3 rings (SSSR count). The van der Waals surface area contributed by atoms with Crippen LogP contribution in [0.15, 0.2) is 29.3 Å². The summed E-state index contributed by atoms with van der Waals surface area (Å²) >= 11 is 0. The number of hydrogen-bond donors (Lipinski definition) is 3. The Morgan fingerprint density at radius 1 is 1.17 bits per heavy atom. The van der Waals surface area contributed by atoms with Gasteiger partial charge in [-0.05, 0) is 50.3 Å². The van der Waals surface area contributed by atoms with Gasteiger partial charge >= 0.3 is 0 Å². The summed E-state index contributed by atoms with van der Waals surface area (Å²) < 4.78 is 0. The second-order valence-electron chi connectivity index (χ2n) is 8.31. The van der Waals surface area contributed by atoms with Crippen LogP contribution in [0, 0.1) is 0 Å². The first-order chi connectivity index (χ1) is 14.2. The van der Waals surface area contributed by atoms with Crippen molar-refractivity contribution in [1.82, 2.24) is 16.0 Å². The zero-order valence-electron chi connectivity index (χ0n) is 18.5. The van der Waals surface area contributed by atoms with Gasteiger partial charge in [0.1, 0.15) is 0 Å². The lowest BCUT2D eigenvalue weighted by molar-refractivity contribution is -0.121. The summed E-state index contributed by atoms with van der Waals surface area (Å²) in [6.07, 6.45) is 9.04. The molecule has 1 aliphatic carbocycles. The van der Waals surface area contributed by atoms with Crippen LogP contribution in [0.25, 0.3) is 0 Å². The normalized spacial score (nSPS) is 18.5. The molecule has 0 aromatic heterocycles. The average Bonchev–Trinajstić information content (AvgIpc) is 3.29. The number of nitrogens with one attached hydrogen (secondary N) is 3. The van der Waals surface area contributed by atoms with Crippen molar-refractivity contribution < 1.29 is 4.79 Å². The van der Waals surface area contributed by atoms with Gasteiger partial charge in [0.15, 0.2) is 5.96 Å². The molecule has 1 atom stereocenters. The van der Waals surface area contributed by atoms with Crippen molar-refractivity contribution in [3.8, 4) is 0 Å². The van der Waals surface area contributed by atoms with Gasteiger partial charge in [0.2, 0.25) is 5.91 Å². The third-order valence-electron chi connectivity index (χ3n) is 6.03. The minimum atomic E-state index is 0. The molecule has 7 heteroatoms. The maximum Gasteiger partial charge on any atom is 0.221 e. The van der Waals surface area contributed by atoms with Crippen molar-refractivity contribution in [2.75, 3.05) is 31.6 Å². The molecule has 1 aliphatic heterocycles. The molecular formula is C23H38IN5O. The Morgan fingerprint density at radius 3 is 2.60 bits per heavy atom. The van der Waals surface area contributed by atoms with E-state index in [-0.39, 0.29) is 35.9 Å². The molecule has 1 saturated heterocycles. The highest BCUT2D eigenvalue weighted by atomic mass is 127. The monoisotopic (exact) mass is 527 g/mol. The number of rotatable bonds is 7. The molecule has 1 saturated carbocycles. The molecule has 2 aliphatic rings. The zero-order valence-corrected chi connectivity index (χ0v) is 20.8. The second kappa shape index (κ2) is 13.0. The molecule has 168 valence electrons. The first kappa shape index (κ1) is 24.8. The predicted octanol–water partition coefficient (Wildman–Crippen LogP) is 3.97. The van der Waals surface area contributed by atoms with Gasteiger partial charge in [-0.3, -0.25) is 9.79 Å². The number of carbonyl (C=O) groups excluding carboxylic acids is 1. The molecule has 0 bridgehead atoms. The molecule has 1 aromatic rings. The van der Waals surface area contributed by atoms with Gasteiger partial charge in [-0.2, -0.15) is 0 Å². The Labute approximate surface area is 198 Å². The molecule has 3 N–H and O–H groups in total. The maximum atomic E-state index is 12.2. The third-order valence-corrected chi connectivity index (χ3v) is 6.03. The topological polar surface area (TPSA) is 68.8 Å². The number of aliphatic imine (C=N–C) groups is 1. The van der Waals surface area contributed by atoms with Gasteiger partial charge in [-0.1, -0.05) is 31.4 Å². The summed E-state index contributed by atoms with van der Waals surface area (Å²) in [5, 5.41) is 9.89. The lowest BCUT2D eigenvalue weighted by Crippen LogP contribution is -2.42. The molecule has 1 unspecified atom stereocenters. The Morgan fingerprint density at radius 2 is 1.90 bits per heavy atom. The summed E-state index contributed by atoms with van der Waals surface area (Å²) in [6.45, 7) is 5.03. The number of halogens is 1. The molecule has 6 nitrogen and oxygen atoms in total. The fourth-order valence-corrected chi connectivity index (χ4v) is 4.29. The third kappa shape index (κ3) is 7.63. The minimum Gasteiger partial charge on any atom is -0.372 e. The summed E-state index contributed by atoms with van der Waals surface area (Å²) in [6, 6.07) is 9.26. The van der Waals surface area contributed by atoms with E-state index in [9.17, 15) is 4.79 Å².